The molecule has 0 radical (unpaired) electrons. The predicted molar refractivity (Wildman–Crippen MR) is 76.8 cm³/mol. The van der Waals surface area contributed by atoms with Crippen molar-refractivity contribution in [3.05, 3.63) is 56.3 Å². The first-order valence-corrected chi connectivity index (χ1v) is 6.49. The average Bonchev–Trinajstić information content (AvgIpc) is 2.40. The van der Waals surface area contributed by atoms with Crippen LogP contribution in [0.2, 0.25) is 0 Å². The van der Waals surface area contributed by atoms with Gasteiger partial charge in [-0.05, 0) is 19.1 Å². The fourth-order valence-corrected chi connectivity index (χ4v) is 1.97. The van der Waals surface area contributed by atoms with Gasteiger partial charge in [-0.1, -0.05) is 15.9 Å². The third-order valence-electron chi connectivity index (χ3n) is 2.57. The van der Waals surface area contributed by atoms with Crippen LogP contribution in [0.3, 0.4) is 0 Å². The van der Waals surface area contributed by atoms with Gasteiger partial charge in [-0.15, -0.1) is 0 Å². The monoisotopic (exact) mass is 352 g/mol. The lowest BCUT2D eigenvalue weighted by Crippen LogP contribution is -2.03. The lowest BCUT2D eigenvalue weighted by molar-refractivity contribution is -0.385. The molecule has 0 bridgehead atoms. The van der Waals surface area contributed by atoms with Crippen LogP contribution in [0, 0.1) is 17.0 Å². The summed E-state index contributed by atoms with van der Waals surface area (Å²) >= 11 is 3.14. The van der Waals surface area contributed by atoms with Gasteiger partial charge in [-0.2, -0.15) is 0 Å². The van der Waals surface area contributed by atoms with Crippen LogP contribution in [0.1, 0.15) is 16.1 Å². The van der Waals surface area contributed by atoms with Gasteiger partial charge < -0.3 is 9.84 Å². The number of carbonyl (C=O) groups is 1. The number of hydrogen-bond donors (Lipinski definition) is 1. The van der Waals surface area contributed by atoms with Crippen molar-refractivity contribution in [1.82, 2.24) is 4.98 Å². The van der Waals surface area contributed by atoms with Crippen LogP contribution in [0.4, 0.5) is 5.69 Å². The number of aryl methyl sites for hydroxylation is 1. The summed E-state index contributed by atoms with van der Waals surface area (Å²) in [7, 11) is 0. The molecule has 21 heavy (non-hydrogen) atoms. The molecule has 7 nitrogen and oxygen atoms in total. The molecule has 0 fully saturated rings. The molecule has 2 aromatic rings. The zero-order valence-electron chi connectivity index (χ0n) is 10.7. The van der Waals surface area contributed by atoms with Crippen molar-refractivity contribution in [1.29, 1.82) is 0 Å². The molecule has 108 valence electrons. The molecule has 0 saturated heterocycles. The number of aromatic nitrogens is 1. The summed E-state index contributed by atoms with van der Waals surface area (Å²) in [5.41, 5.74) is 0.0998. The minimum atomic E-state index is -1.22. The van der Waals surface area contributed by atoms with Crippen LogP contribution in [-0.2, 0) is 0 Å². The Kier molecular flexibility index (Phi) is 4.18. The summed E-state index contributed by atoms with van der Waals surface area (Å²) in [6.45, 7) is 1.66. The fourth-order valence-electron chi connectivity index (χ4n) is 1.62. The van der Waals surface area contributed by atoms with Crippen LogP contribution >= 0.6 is 15.9 Å². The summed E-state index contributed by atoms with van der Waals surface area (Å²) in [4.78, 5) is 25.4. The van der Waals surface area contributed by atoms with E-state index in [0.717, 1.165) is 6.20 Å². The Hall–Kier alpha value is -2.48. The van der Waals surface area contributed by atoms with Crippen LogP contribution in [-0.4, -0.2) is 21.0 Å². The quantitative estimate of drug-likeness (QED) is 0.666. The molecule has 8 heteroatoms. The number of benzene rings is 1. The van der Waals surface area contributed by atoms with Gasteiger partial charge in [0.05, 0.1) is 4.92 Å². The predicted octanol–water partition coefficient (Wildman–Crippen LogP) is 3.55. The number of carboxylic acids is 1. The SMILES string of the molecule is Cc1cc(Oc2ccc(Br)cc2[N+](=O)[O-])c(C(=O)O)cn1. The van der Waals surface area contributed by atoms with Crippen molar-refractivity contribution >= 4 is 27.6 Å². The highest BCUT2D eigenvalue weighted by atomic mass is 79.9. The molecule has 0 atom stereocenters. The third-order valence-corrected chi connectivity index (χ3v) is 3.06. The lowest BCUT2D eigenvalue weighted by atomic mass is 10.2. The summed E-state index contributed by atoms with van der Waals surface area (Å²) < 4.78 is 5.94. The first kappa shape index (κ1) is 14.9. The summed E-state index contributed by atoms with van der Waals surface area (Å²) in [5.74, 6) is -1.27. The van der Waals surface area contributed by atoms with Gasteiger partial charge in [0.15, 0.2) is 0 Å². The van der Waals surface area contributed by atoms with E-state index in [1.807, 2.05) is 0 Å². The minimum absolute atomic E-state index is 0.000391. The van der Waals surface area contributed by atoms with Gasteiger partial charge in [-0.25, -0.2) is 4.79 Å². The summed E-state index contributed by atoms with van der Waals surface area (Å²) in [5, 5.41) is 20.1. The molecular weight excluding hydrogens is 344 g/mol. The van der Waals surface area contributed by atoms with Crippen molar-refractivity contribution in [2.45, 2.75) is 6.92 Å². The maximum Gasteiger partial charge on any atom is 0.341 e. The molecule has 1 N–H and O–H groups in total. The summed E-state index contributed by atoms with van der Waals surface area (Å²) in [6, 6.07) is 5.65. The van der Waals surface area contributed by atoms with E-state index in [-0.39, 0.29) is 22.7 Å². The lowest BCUT2D eigenvalue weighted by Gasteiger charge is -2.09. The van der Waals surface area contributed by atoms with E-state index in [0.29, 0.717) is 10.2 Å². The van der Waals surface area contributed by atoms with E-state index in [1.165, 1.54) is 18.2 Å². The molecule has 0 aliphatic carbocycles. The van der Waals surface area contributed by atoms with Crippen molar-refractivity contribution in [2.75, 3.05) is 0 Å². The second-order valence-corrected chi connectivity index (χ2v) is 5.01. The molecule has 0 unspecified atom stereocenters. The van der Waals surface area contributed by atoms with Crippen molar-refractivity contribution < 1.29 is 19.6 Å². The van der Waals surface area contributed by atoms with E-state index in [2.05, 4.69) is 20.9 Å². The molecule has 0 saturated carbocycles. The largest absolute Gasteiger partial charge is 0.477 e. The maximum atomic E-state index is 11.1. The number of rotatable bonds is 4. The minimum Gasteiger partial charge on any atom is -0.477 e. The number of halogens is 1. The highest BCUT2D eigenvalue weighted by Gasteiger charge is 2.19. The molecule has 0 spiro atoms. The Morgan fingerprint density at radius 1 is 1.38 bits per heavy atom. The van der Waals surface area contributed by atoms with Gasteiger partial charge >= 0.3 is 11.7 Å². The van der Waals surface area contributed by atoms with Crippen LogP contribution in [0.5, 0.6) is 11.5 Å². The van der Waals surface area contributed by atoms with Gasteiger partial charge in [0, 0.05) is 28.5 Å². The number of nitro groups is 1. The van der Waals surface area contributed by atoms with Crippen molar-refractivity contribution in [3.8, 4) is 11.5 Å². The number of carboxylic acid groups (broad SMARTS) is 1. The molecule has 1 heterocycles. The number of nitrogens with zero attached hydrogens (tertiary/aromatic N) is 2. The van der Waals surface area contributed by atoms with Crippen molar-refractivity contribution in [3.63, 3.8) is 0 Å². The highest BCUT2D eigenvalue weighted by Crippen LogP contribution is 2.35. The molecule has 1 aromatic carbocycles. The summed E-state index contributed by atoms with van der Waals surface area (Å²) in [6.07, 6.45) is 1.15. The second kappa shape index (κ2) is 5.88. The van der Waals surface area contributed by atoms with Crippen LogP contribution in [0.25, 0.3) is 0 Å². The molecule has 0 aliphatic heterocycles. The standard InChI is InChI=1S/C13H9BrN2O5/c1-7-4-12(9(6-15-7)13(17)18)21-11-3-2-8(14)5-10(11)16(19)20/h2-6H,1H3,(H,17,18). The Bertz CT molecular complexity index is 732. The number of nitro benzene ring substituents is 1. The number of ether oxygens (including phenoxy) is 1. The Morgan fingerprint density at radius 3 is 2.71 bits per heavy atom. The maximum absolute atomic E-state index is 11.1. The van der Waals surface area contributed by atoms with E-state index in [1.54, 1.807) is 13.0 Å². The van der Waals surface area contributed by atoms with Crippen LogP contribution < -0.4 is 4.74 Å². The number of hydrogen-bond acceptors (Lipinski definition) is 5. The Balaban J connectivity index is 2.50. The van der Waals surface area contributed by atoms with Crippen molar-refractivity contribution in [2.24, 2.45) is 0 Å². The van der Waals surface area contributed by atoms with Gasteiger partial charge in [-0.3, -0.25) is 15.1 Å². The molecule has 2 rings (SSSR count). The Morgan fingerprint density at radius 2 is 2.10 bits per heavy atom. The third kappa shape index (κ3) is 3.34. The topological polar surface area (TPSA) is 103 Å². The molecule has 0 amide bonds. The van der Waals surface area contributed by atoms with E-state index < -0.39 is 10.9 Å². The first-order valence-electron chi connectivity index (χ1n) is 5.70. The fraction of sp³-hybridized carbons (Fsp3) is 0.0769. The average molecular weight is 353 g/mol. The number of aromatic carboxylic acids is 1. The molecule has 0 aliphatic rings. The molecule has 1 aromatic heterocycles. The van der Waals surface area contributed by atoms with Gasteiger partial charge in [0.25, 0.3) is 0 Å². The zero-order chi connectivity index (χ0) is 15.6. The smallest absolute Gasteiger partial charge is 0.341 e. The first-order chi connectivity index (χ1) is 9.88. The highest BCUT2D eigenvalue weighted by molar-refractivity contribution is 9.10. The number of pyridine rings is 1. The van der Waals surface area contributed by atoms with E-state index in [4.69, 9.17) is 9.84 Å². The molecular formula is C13H9BrN2O5. The van der Waals surface area contributed by atoms with Gasteiger partial charge in [0.2, 0.25) is 5.75 Å². The zero-order valence-corrected chi connectivity index (χ0v) is 12.3. The van der Waals surface area contributed by atoms with E-state index >= 15 is 0 Å². The second-order valence-electron chi connectivity index (χ2n) is 4.10. The van der Waals surface area contributed by atoms with Gasteiger partial charge in [0.1, 0.15) is 11.3 Å². The van der Waals surface area contributed by atoms with E-state index in [9.17, 15) is 14.9 Å². The Labute approximate surface area is 127 Å². The van der Waals surface area contributed by atoms with Crippen LogP contribution in [0.15, 0.2) is 34.9 Å². The normalized spacial score (nSPS) is 10.2.